The average Bonchev–Trinajstić information content (AvgIpc) is 2.54. The van der Waals surface area contributed by atoms with E-state index in [1.54, 1.807) is 6.07 Å². The highest BCUT2D eigenvalue weighted by atomic mass is 16.2. The quantitative estimate of drug-likeness (QED) is 0.677. The highest BCUT2D eigenvalue weighted by Gasteiger charge is 2.21. The summed E-state index contributed by atoms with van der Waals surface area (Å²) in [6, 6.07) is 3.09. The predicted octanol–water partition coefficient (Wildman–Crippen LogP) is -0.663. The highest BCUT2D eigenvalue weighted by Crippen LogP contribution is 2.02. The number of hydrogen-bond acceptors (Lipinski definition) is 3. The summed E-state index contributed by atoms with van der Waals surface area (Å²) in [4.78, 5) is 38.6. The van der Waals surface area contributed by atoms with Crippen molar-refractivity contribution < 1.29 is 9.59 Å². The maximum absolute atomic E-state index is 12.0. The van der Waals surface area contributed by atoms with Crippen molar-refractivity contribution in [3.05, 3.63) is 34.2 Å². The van der Waals surface area contributed by atoms with Gasteiger partial charge in [-0.15, -0.1) is 0 Å². The molecule has 0 saturated carbocycles. The van der Waals surface area contributed by atoms with Crippen molar-refractivity contribution in [2.45, 2.75) is 6.42 Å². The number of carbonyl (C=O) groups is 2. The van der Waals surface area contributed by atoms with E-state index in [9.17, 15) is 14.4 Å². The SMILES string of the molecule is O=C1CCN(C(=O)c2ccc[nH]c2=O)CCN1. The molecule has 1 aromatic heterocycles. The Morgan fingerprint density at radius 3 is 2.88 bits per heavy atom. The molecule has 6 nitrogen and oxygen atoms in total. The first kappa shape index (κ1) is 11.4. The number of amides is 2. The zero-order valence-corrected chi connectivity index (χ0v) is 9.23. The summed E-state index contributed by atoms with van der Waals surface area (Å²) in [7, 11) is 0. The van der Waals surface area contributed by atoms with Gasteiger partial charge < -0.3 is 15.2 Å². The van der Waals surface area contributed by atoms with E-state index in [2.05, 4.69) is 10.3 Å². The van der Waals surface area contributed by atoms with Crippen LogP contribution in [0.25, 0.3) is 0 Å². The van der Waals surface area contributed by atoms with Crippen molar-refractivity contribution >= 4 is 11.8 Å². The number of aromatic amines is 1. The number of carbonyl (C=O) groups excluding carboxylic acids is 2. The van der Waals surface area contributed by atoms with Crippen LogP contribution in [0, 0.1) is 0 Å². The Kier molecular flexibility index (Phi) is 3.22. The molecule has 2 heterocycles. The molecule has 0 aromatic carbocycles. The summed E-state index contributed by atoms with van der Waals surface area (Å²) in [6.45, 7) is 1.20. The predicted molar refractivity (Wildman–Crippen MR) is 60.6 cm³/mol. The minimum absolute atomic E-state index is 0.0673. The van der Waals surface area contributed by atoms with E-state index in [4.69, 9.17) is 0 Å². The lowest BCUT2D eigenvalue weighted by Gasteiger charge is -2.18. The lowest BCUT2D eigenvalue weighted by Crippen LogP contribution is -2.37. The topological polar surface area (TPSA) is 82.3 Å². The normalized spacial score (nSPS) is 16.2. The van der Waals surface area contributed by atoms with Gasteiger partial charge in [-0.1, -0.05) is 0 Å². The first-order valence-corrected chi connectivity index (χ1v) is 5.42. The molecule has 1 saturated heterocycles. The summed E-state index contributed by atoms with van der Waals surface area (Å²) in [5, 5.41) is 2.68. The Balaban J connectivity index is 2.17. The Morgan fingerprint density at radius 1 is 1.29 bits per heavy atom. The first-order chi connectivity index (χ1) is 8.18. The minimum Gasteiger partial charge on any atom is -0.354 e. The lowest BCUT2D eigenvalue weighted by atomic mass is 10.2. The Labute approximate surface area is 97.6 Å². The van der Waals surface area contributed by atoms with Gasteiger partial charge in [0.25, 0.3) is 11.5 Å². The second kappa shape index (κ2) is 4.82. The maximum Gasteiger partial charge on any atom is 0.260 e. The van der Waals surface area contributed by atoms with Gasteiger partial charge in [0.1, 0.15) is 5.56 Å². The summed E-state index contributed by atoms with van der Waals surface area (Å²) in [5.41, 5.74) is -0.289. The van der Waals surface area contributed by atoms with Crippen LogP contribution in [0.1, 0.15) is 16.8 Å². The van der Waals surface area contributed by atoms with E-state index in [0.717, 1.165) is 0 Å². The Morgan fingerprint density at radius 2 is 2.12 bits per heavy atom. The fraction of sp³-hybridized carbons (Fsp3) is 0.364. The zero-order valence-electron chi connectivity index (χ0n) is 9.23. The van der Waals surface area contributed by atoms with Crippen molar-refractivity contribution in [1.29, 1.82) is 0 Å². The molecule has 2 amide bonds. The second-order valence-electron chi connectivity index (χ2n) is 3.81. The van der Waals surface area contributed by atoms with Crippen molar-refractivity contribution in [1.82, 2.24) is 15.2 Å². The molecule has 0 radical (unpaired) electrons. The van der Waals surface area contributed by atoms with Gasteiger partial charge in [0.05, 0.1) is 0 Å². The first-order valence-electron chi connectivity index (χ1n) is 5.42. The van der Waals surface area contributed by atoms with Gasteiger partial charge in [-0.2, -0.15) is 0 Å². The molecule has 0 spiro atoms. The van der Waals surface area contributed by atoms with Gasteiger partial charge >= 0.3 is 0 Å². The number of H-pyrrole nitrogens is 1. The van der Waals surface area contributed by atoms with Gasteiger partial charge in [-0.3, -0.25) is 14.4 Å². The minimum atomic E-state index is -0.402. The van der Waals surface area contributed by atoms with E-state index in [1.807, 2.05) is 0 Å². The van der Waals surface area contributed by atoms with Crippen LogP contribution in [-0.2, 0) is 4.79 Å². The Hall–Kier alpha value is -2.11. The van der Waals surface area contributed by atoms with Crippen LogP contribution in [0.5, 0.6) is 0 Å². The highest BCUT2D eigenvalue weighted by molar-refractivity contribution is 5.94. The van der Waals surface area contributed by atoms with Crippen LogP contribution in [0.15, 0.2) is 23.1 Å². The number of hydrogen-bond donors (Lipinski definition) is 2. The van der Waals surface area contributed by atoms with Crippen molar-refractivity contribution in [2.24, 2.45) is 0 Å². The van der Waals surface area contributed by atoms with Gasteiger partial charge in [-0.05, 0) is 12.1 Å². The monoisotopic (exact) mass is 235 g/mol. The second-order valence-corrected chi connectivity index (χ2v) is 3.81. The fourth-order valence-corrected chi connectivity index (χ4v) is 1.73. The Bertz CT molecular complexity index is 495. The third-order valence-electron chi connectivity index (χ3n) is 2.65. The summed E-state index contributed by atoms with van der Waals surface area (Å²) >= 11 is 0. The summed E-state index contributed by atoms with van der Waals surface area (Å²) < 4.78 is 0. The molecule has 17 heavy (non-hydrogen) atoms. The van der Waals surface area contributed by atoms with Crippen LogP contribution >= 0.6 is 0 Å². The third-order valence-corrected chi connectivity index (χ3v) is 2.65. The average molecular weight is 235 g/mol. The van der Waals surface area contributed by atoms with Gasteiger partial charge in [0.2, 0.25) is 5.91 Å². The van der Waals surface area contributed by atoms with E-state index >= 15 is 0 Å². The molecule has 90 valence electrons. The maximum atomic E-state index is 12.0. The standard InChI is InChI=1S/C11H13N3O3/c15-9-3-6-14(7-5-12-9)11(17)8-2-1-4-13-10(8)16/h1-2,4H,3,5-7H2,(H,12,15)(H,13,16). The number of nitrogens with one attached hydrogen (secondary N) is 2. The van der Waals surface area contributed by atoms with Crippen LogP contribution in [-0.4, -0.2) is 41.3 Å². The molecule has 0 atom stereocenters. The van der Waals surface area contributed by atoms with Crippen LogP contribution < -0.4 is 10.9 Å². The van der Waals surface area contributed by atoms with E-state index in [0.29, 0.717) is 19.6 Å². The third kappa shape index (κ3) is 2.52. The van der Waals surface area contributed by atoms with Crippen molar-refractivity contribution in [3.63, 3.8) is 0 Å². The van der Waals surface area contributed by atoms with E-state index in [-0.39, 0.29) is 23.8 Å². The zero-order chi connectivity index (χ0) is 12.3. The molecular formula is C11H13N3O3. The molecule has 1 aliphatic heterocycles. The number of aromatic nitrogens is 1. The smallest absolute Gasteiger partial charge is 0.260 e. The van der Waals surface area contributed by atoms with Gasteiger partial charge in [-0.25, -0.2) is 0 Å². The van der Waals surface area contributed by atoms with Crippen molar-refractivity contribution in [2.75, 3.05) is 19.6 Å². The van der Waals surface area contributed by atoms with Crippen molar-refractivity contribution in [3.8, 4) is 0 Å². The number of pyridine rings is 1. The van der Waals surface area contributed by atoms with Gasteiger partial charge in [0.15, 0.2) is 0 Å². The van der Waals surface area contributed by atoms with Gasteiger partial charge in [0, 0.05) is 32.3 Å². The molecule has 0 bridgehead atoms. The molecule has 1 aromatic rings. The summed E-state index contributed by atoms with van der Waals surface area (Å²) in [5.74, 6) is -0.398. The molecule has 2 rings (SSSR count). The number of nitrogens with zero attached hydrogens (tertiary/aromatic N) is 1. The van der Waals surface area contributed by atoms with Crippen LogP contribution in [0.3, 0.4) is 0 Å². The molecular weight excluding hydrogens is 222 g/mol. The van der Waals surface area contributed by atoms with Crippen LogP contribution in [0.2, 0.25) is 0 Å². The molecule has 6 heteroatoms. The largest absolute Gasteiger partial charge is 0.354 e. The van der Waals surface area contributed by atoms with E-state index < -0.39 is 5.56 Å². The molecule has 1 fully saturated rings. The number of rotatable bonds is 1. The summed E-state index contributed by atoms with van der Waals surface area (Å²) in [6.07, 6.45) is 1.75. The molecule has 0 aliphatic carbocycles. The van der Waals surface area contributed by atoms with E-state index in [1.165, 1.54) is 17.2 Å². The molecule has 1 aliphatic rings. The molecule has 0 unspecified atom stereocenters. The van der Waals surface area contributed by atoms with Crippen LogP contribution in [0.4, 0.5) is 0 Å². The molecule has 2 N–H and O–H groups in total. The fourth-order valence-electron chi connectivity index (χ4n) is 1.73. The lowest BCUT2D eigenvalue weighted by molar-refractivity contribution is -0.120.